The highest BCUT2D eigenvalue weighted by Gasteiger charge is 2.11. The van der Waals surface area contributed by atoms with E-state index in [9.17, 15) is 8.42 Å². The molecule has 0 saturated carbocycles. The minimum absolute atomic E-state index is 0.00228. The number of nitrogen functional groups attached to an aromatic ring is 2. The average molecular weight is 260 g/mol. The number of rotatable bonds is 5. The van der Waals surface area contributed by atoms with Crippen LogP contribution in [0, 0.1) is 0 Å². The molecular formula is C8H16N6O2S. The lowest BCUT2D eigenvalue weighted by molar-refractivity contribution is 0.598. The summed E-state index contributed by atoms with van der Waals surface area (Å²) in [6, 6.07) is 1.25. The third-order valence-electron chi connectivity index (χ3n) is 1.84. The van der Waals surface area contributed by atoms with Crippen LogP contribution in [0.3, 0.4) is 0 Å². The van der Waals surface area contributed by atoms with Gasteiger partial charge >= 0.3 is 0 Å². The van der Waals surface area contributed by atoms with Gasteiger partial charge in [-0.25, -0.2) is 14.3 Å². The van der Waals surface area contributed by atoms with Crippen molar-refractivity contribution < 1.29 is 8.42 Å². The second kappa shape index (κ2) is 5.15. The van der Waals surface area contributed by atoms with Crippen LogP contribution in [0.2, 0.25) is 0 Å². The zero-order chi connectivity index (χ0) is 13.1. The Morgan fingerprint density at radius 2 is 2.00 bits per heavy atom. The van der Waals surface area contributed by atoms with Crippen molar-refractivity contribution in [1.29, 1.82) is 0 Å². The minimum Gasteiger partial charge on any atom is -0.368 e. The van der Waals surface area contributed by atoms with Crippen molar-refractivity contribution in [3.8, 4) is 0 Å². The molecule has 1 atom stereocenters. The Bertz CT molecular complexity index is 489. The maximum Gasteiger partial charge on any atom is 0.223 e. The van der Waals surface area contributed by atoms with Gasteiger partial charge in [-0.3, -0.25) is 0 Å². The van der Waals surface area contributed by atoms with Crippen LogP contribution in [-0.2, 0) is 9.84 Å². The van der Waals surface area contributed by atoms with Gasteiger partial charge in [-0.05, 0) is 6.92 Å². The molecule has 1 aromatic rings. The van der Waals surface area contributed by atoms with Gasteiger partial charge in [-0.2, -0.15) is 9.97 Å². The summed E-state index contributed by atoms with van der Waals surface area (Å²) in [6.45, 7) is 1.73. The van der Waals surface area contributed by atoms with E-state index in [0.717, 1.165) is 0 Å². The van der Waals surface area contributed by atoms with E-state index in [-0.39, 0.29) is 17.7 Å². The first kappa shape index (κ1) is 13.5. The van der Waals surface area contributed by atoms with Crippen molar-refractivity contribution in [3.63, 3.8) is 0 Å². The minimum atomic E-state index is -3.05. The molecule has 0 aromatic carbocycles. The van der Waals surface area contributed by atoms with E-state index < -0.39 is 9.84 Å². The molecule has 0 aliphatic carbocycles. The van der Waals surface area contributed by atoms with E-state index in [2.05, 4.69) is 20.7 Å². The largest absolute Gasteiger partial charge is 0.368 e. The molecule has 1 heterocycles. The molecule has 17 heavy (non-hydrogen) atoms. The van der Waals surface area contributed by atoms with E-state index in [1.165, 1.54) is 12.3 Å². The topological polar surface area (TPSA) is 136 Å². The first-order valence-corrected chi connectivity index (χ1v) is 6.91. The highest BCUT2D eigenvalue weighted by molar-refractivity contribution is 7.90. The van der Waals surface area contributed by atoms with Crippen LogP contribution in [0.15, 0.2) is 6.07 Å². The standard InChI is InChI=1S/C8H16N6O2S/c1-5(4-17(2,15)16)11-6-3-7(14-10)13-8(9)12-6/h3,5H,4,10H2,1-2H3,(H4,9,11,12,13,14). The molecule has 0 amide bonds. The quantitative estimate of drug-likeness (QED) is 0.398. The molecule has 0 fully saturated rings. The van der Waals surface area contributed by atoms with Crippen molar-refractivity contribution in [2.75, 3.05) is 28.5 Å². The number of nitrogens with two attached hydrogens (primary N) is 2. The van der Waals surface area contributed by atoms with Gasteiger partial charge in [0.1, 0.15) is 21.5 Å². The van der Waals surface area contributed by atoms with Crippen LogP contribution in [0.5, 0.6) is 0 Å². The van der Waals surface area contributed by atoms with Crippen LogP contribution in [-0.4, -0.2) is 36.4 Å². The Hall–Kier alpha value is -1.61. The highest BCUT2D eigenvalue weighted by Crippen LogP contribution is 2.12. The monoisotopic (exact) mass is 260 g/mol. The van der Waals surface area contributed by atoms with Gasteiger partial charge in [-0.1, -0.05) is 0 Å². The third kappa shape index (κ3) is 4.83. The van der Waals surface area contributed by atoms with E-state index >= 15 is 0 Å². The van der Waals surface area contributed by atoms with E-state index in [0.29, 0.717) is 11.6 Å². The summed E-state index contributed by atoms with van der Waals surface area (Å²) in [5.74, 6) is 6.02. The Labute approximate surface area is 99.7 Å². The molecule has 0 spiro atoms. The molecule has 0 aliphatic heterocycles. The number of anilines is 3. The summed E-state index contributed by atoms with van der Waals surface area (Å²) in [5, 5.41) is 2.91. The fraction of sp³-hybridized carbons (Fsp3) is 0.500. The molecule has 1 unspecified atom stereocenters. The van der Waals surface area contributed by atoms with E-state index in [1.807, 2.05) is 0 Å². The van der Waals surface area contributed by atoms with Crippen LogP contribution >= 0.6 is 0 Å². The van der Waals surface area contributed by atoms with Crippen LogP contribution in [0.4, 0.5) is 17.6 Å². The summed E-state index contributed by atoms with van der Waals surface area (Å²) in [6.07, 6.45) is 1.17. The lowest BCUT2D eigenvalue weighted by Gasteiger charge is -2.14. The molecule has 0 saturated heterocycles. The number of nitrogens with one attached hydrogen (secondary N) is 2. The zero-order valence-corrected chi connectivity index (χ0v) is 10.5. The molecular weight excluding hydrogens is 244 g/mol. The van der Waals surface area contributed by atoms with Crippen molar-refractivity contribution in [2.45, 2.75) is 13.0 Å². The molecule has 1 aromatic heterocycles. The fourth-order valence-corrected chi connectivity index (χ4v) is 2.35. The second-order valence-corrected chi connectivity index (χ2v) is 5.96. The van der Waals surface area contributed by atoms with Crippen molar-refractivity contribution >= 4 is 27.4 Å². The number of sulfone groups is 1. The molecule has 0 bridgehead atoms. The average Bonchev–Trinajstić information content (AvgIpc) is 2.13. The highest BCUT2D eigenvalue weighted by atomic mass is 32.2. The predicted molar refractivity (Wildman–Crippen MR) is 67.1 cm³/mol. The predicted octanol–water partition coefficient (Wildman–Crippen LogP) is -0.811. The molecule has 0 aliphatic rings. The molecule has 0 radical (unpaired) electrons. The van der Waals surface area contributed by atoms with Crippen molar-refractivity contribution in [3.05, 3.63) is 6.07 Å². The number of hydrogen-bond donors (Lipinski definition) is 4. The Kier molecular flexibility index (Phi) is 4.07. The van der Waals surface area contributed by atoms with E-state index in [4.69, 9.17) is 11.6 Å². The maximum atomic E-state index is 11.1. The Balaban J connectivity index is 2.77. The Morgan fingerprint density at radius 1 is 1.41 bits per heavy atom. The molecule has 6 N–H and O–H groups in total. The summed E-state index contributed by atoms with van der Waals surface area (Å²) in [4.78, 5) is 7.72. The second-order valence-electron chi connectivity index (χ2n) is 3.78. The van der Waals surface area contributed by atoms with Gasteiger partial charge in [-0.15, -0.1) is 0 Å². The van der Waals surface area contributed by atoms with E-state index in [1.54, 1.807) is 6.92 Å². The van der Waals surface area contributed by atoms with Gasteiger partial charge in [0.05, 0.1) is 5.75 Å². The molecule has 96 valence electrons. The maximum absolute atomic E-state index is 11.1. The van der Waals surface area contributed by atoms with Crippen LogP contribution in [0.25, 0.3) is 0 Å². The first-order chi connectivity index (χ1) is 7.80. The normalized spacial score (nSPS) is 13.1. The van der Waals surface area contributed by atoms with Crippen molar-refractivity contribution in [2.24, 2.45) is 5.84 Å². The van der Waals surface area contributed by atoms with Gasteiger partial charge in [0.15, 0.2) is 0 Å². The fourth-order valence-electron chi connectivity index (χ4n) is 1.36. The van der Waals surface area contributed by atoms with Gasteiger partial charge in [0, 0.05) is 18.4 Å². The SMILES string of the molecule is CC(CS(C)(=O)=O)Nc1cc(NN)nc(N)n1. The van der Waals surface area contributed by atoms with Gasteiger partial charge in [0.2, 0.25) is 5.95 Å². The summed E-state index contributed by atoms with van der Waals surface area (Å²) < 4.78 is 22.2. The van der Waals surface area contributed by atoms with Gasteiger partial charge < -0.3 is 16.5 Å². The number of aromatic nitrogens is 2. The Morgan fingerprint density at radius 3 is 2.53 bits per heavy atom. The molecule has 9 heteroatoms. The van der Waals surface area contributed by atoms with Crippen molar-refractivity contribution in [1.82, 2.24) is 9.97 Å². The first-order valence-electron chi connectivity index (χ1n) is 4.85. The molecule has 1 rings (SSSR count). The third-order valence-corrected chi connectivity index (χ3v) is 2.94. The summed E-state index contributed by atoms with van der Waals surface area (Å²) in [5.41, 5.74) is 7.80. The number of hydrazine groups is 1. The lowest BCUT2D eigenvalue weighted by Crippen LogP contribution is -2.26. The molecule has 8 nitrogen and oxygen atoms in total. The summed E-state index contributed by atoms with van der Waals surface area (Å²) in [7, 11) is -3.05. The lowest BCUT2D eigenvalue weighted by atomic mass is 10.4. The zero-order valence-electron chi connectivity index (χ0n) is 9.64. The smallest absolute Gasteiger partial charge is 0.223 e. The summed E-state index contributed by atoms with van der Waals surface area (Å²) >= 11 is 0. The number of hydrogen-bond acceptors (Lipinski definition) is 8. The van der Waals surface area contributed by atoms with Crippen LogP contribution < -0.4 is 22.3 Å². The number of nitrogens with zero attached hydrogens (tertiary/aromatic N) is 2. The van der Waals surface area contributed by atoms with Crippen LogP contribution in [0.1, 0.15) is 6.92 Å². The van der Waals surface area contributed by atoms with Gasteiger partial charge in [0.25, 0.3) is 0 Å².